The highest BCUT2D eigenvalue weighted by molar-refractivity contribution is 9.10. The minimum atomic E-state index is -4.71. The van der Waals surface area contributed by atoms with E-state index in [1.165, 1.54) is 19.1 Å². The van der Waals surface area contributed by atoms with Gasteiger partial charge in [-0.15, -0.1) is 13.2 Å². The number of rotatable bonds is 5. The quantitative estimate of drug-likeness (QED) is 0.507. The van der Waals surface area contributed by atoms with Gasteiger partial charge < -0.3 is 10.5 Å². The minimum Gasteiger partial charge on any atom is -0.488 e. The standard InChI is InChI=1S/C11H11BrF3NO3/c1-6(17)8-4-7(12)5-9(16)10(8)18-2-3-19-11(13,14)15/h4-5H,2-3,16H2,1H3. The Hall–Kier alpha value is -1.28. The molecular formula is C11H11BrF3NO3. The fourth-order valence-electron chi connectivity index (χ4n) is 1.34. The summed E-state index contributed by atoms with van der Waals surface area (Å²) in [6.45, 7) is 0.252. The molecule has 0 radical (unpaired) electrons. The summed E-state index contributed by atoms with van der Waals surface area (Å²) < 4.78 is 44.5. The number of hydrogen-bond acceptors (Lipinski definition) is 4. The number of anilines is 1. The molecule has 1 aromatic carbocycles. The van der Waals surface area contributed by atoms with Crippen LogP contribution in [0.5, 0.6) is 5.75 Å². The van der Waals surface area contributed by atoms with E-state index < -0.39 is 13.0 Å². The summed E-state index contributed by atoms with van der Waals surface area (Å²) in [5, 5.41) is 0. The van der Waals surface area contributed by atoms with Crippen LogP contribution in [-0.4, -0.2) is 25.4 Å². The largest absolute Gasteiger partial charge is 0.522 e. The number of alkyl halides is 3. The van der Waals surface area contributed by atoms with Gasteiger partial charge in [-0.1, -0.05) is 15.9 Å². The van der Waals surface area contributed by atoms with Crippen molar-refractivity contribution in [1.29, 1.82) is 0 Å². The number of nitrogens with two attached hydrogens (primary N) is 1. The van der Waals surface area contributed by atoms with Gasteiger partial charge in [-0.05, 0) is 19.1 Å². The second-order valence-electron chi connectivity index (χ2n) is 3.57. The van der Waals surface area contributed by atoms with Crippen molar-refractivity contribution in [3.05, 3.63) is 22.2 Å². The Balaban J connectivity index is 2.75. The molecule has 0 saturated carbocycles. The molecule has 0 aliphatic heterocycles. The van der Waals surface area contributed by atoms with E-state index in [1.54, 1.807) is 0 Å². The van der Waals surface area contributed by atoms with Gasteiger partial charge in [0.15, 0.2) is 11.5 Å². The number of benzene rings is 1. The van der Waals surface area contributed by atoms with Gasteiger partial charge in [0.05, 0.1) is 17.9 Å². The first-order valence-electron chi connectivity index (χ1n) is 5.14. The molecule has 0 saturated heterocycles. The van der Waals surface area contributed by atoms with Crippen LogP contribution in [0.3, 0.4) is 0 Å². The molecule has 0 bridgehead atoms. The minimum absolute atomic E-state index is 0.0569. The van der Waals surface area contributed by atoms with Gasteiger partial charge in [0.25, 0.3) is 0 Å². The summed E-state index contributed by atoms with van der Waals surface area (Å²) >= 11 is 3.16. The first-order chi connectivity index (χ1) is 8.70. The molecule has 0 atom stereocenters. The van der Waals surface area contributed by atoms with Crippen LogP contribution >= 0.6 is 15.9 Å². The summed E-state index contributed by atoms with van der Waals surface area (Å²) in [6, 6.07) is 2.98. The average Bonchev–Trinajstić information content (AvgIpc) is 2.24. The predicted molar refractivity (Wildman–Crippen MR) is 66.1 cm³/mol. The van der Waals surface area contributed by atoms with Crippen LogP contribution in [-0.2, 0) is 4.74 Å². The van der Waals surface area contributed by atoms with E-state index in [0.717, 1.165) is 0 Å². The number of ether oxygens (including phenoxy) is 2. The molecule has 0 amide bonds. The molecule has 106 valence electrons. The number of carbonyl (C=O) groups excluding carboxylic acids is 1. The predicted octanol–water partition coefficient (Wildman–Crippen LogP) is 3.15. The van der Waals surface area contributed by atoms with Crippen molar-refractivity contribution in [1.82, 2.24) is 0 Å². The molecule has 1 rings (SSSR count). The van der Waals surface area contributed by atoms with Crippen LogP contribution in [0.1, 0.15) is 17.3 Å². The maximum atomic E-state index is 11.8. The lowest BCUT2D eigenvalue weighted by molar-refractivity contribution is -0.325. The van der Waals surface area contributed by atoms with Gasteiger partial charge in [-0.3, -0.25) is 9.53 Å². The van der Waals surface area contributed by atoms with E-state index in [1.807, 2.05) is 0 Å². The molecule has 1 aromatic rings. The Morgan fingerprint density at radius 3 is 2.53 bits per heavy atom. The number of Topliss-reactive ketones (excluding diaryl/α,β-unsaturated/α-hetero) is 1. The van der Waals surface area contributed by atoms with E-state index >= 15 is 0 Å². The van der Waals surface area contributed by atoms with E-state index in [-0.39, 0.29) is 29.4 Å². The van der Waals surface area contributed by atoms with Crippen molar-refractivity contribution in [2.24, 2.45) is 0 Å². The molecule has 0 unspecified atom stereocenters. The molecule has 0 aliphatic rings. The summed E-state index contributed by atoms with van der Waals surface area (Å²) in [5.41, 5.74) is 6.01. The van der Waals surface area contributed by atoms with Gasteiger partial charge >= 0.3 is 6.36 Å². The third-order valence-electron chi connectivity index (χ3n) is 2.06. The van der Waals surface area contributed by atoms with Crippen molar-refractivity contribution in [3.8, 4) is 5.75 Å². The first kappa shape index (κ1) is 15.8. The monoisotopic (exact) mass is 341 g/mol. The van der Waals surface area contributed by atoms with Crippen LogP contribution in [0.4, 0.5) is 18.9 Å². The third-order valence-corrected chi connectivity index (χ3v) is 2.52. The Morgan fingerprint density at radius 1 is 1.37 bits per heavy atom. The van der Waals surface area contributed by atoms with Crippen LogP contribution < -0.4 is 10.5 Å². The van der Waals surface area contributed by atoms with Crippen LogP contribution in [0.25, 0.3) is 0 Å². The van der Waals surface area contributed by atoms with Crippen molar-refractivity contribution in [2.45, 2.75) is 13.3 Å². The summed E-state index contributed by atoms with van der Waals surface area (Å²) in [5.74, 6) is -0.249. The van der Waals surface area contributed by atoms with E-state index in [4.69, 9.17) is 10.5 Å². The Morgan fingerprint density at radius 2 is 2.00 bits per heavy atom. The van der Waals surface area contributed by atoms with E-state index in [9.17, 15) is 18.0 Å². The lowest BCUT2D eigenvalue weighted by Gasteiger charge is -2.13. The zero-order valence-corrected chi connectivity index (χ0v) is 11.5. The lowest BCUT2D eigenvalue weighted by atomic mass is 10.1. The fraction of sp³-hybridized carbons (Fsp3) is 0.364. The molecule has 0 heterocycles. The maximum absolute atomic E-state index is 11.8. The zero-order chi connectivity index (χ0) is 14.6. The third kappa shape index (κ3) is 5.07. The Labute approximate surface area is 115 Å². The van der Waals surface area contributed by atoms with Gasteiger partial charge in [0, 0.05) is 4.47 Å². The highest BCUT2D eigenvalue weighted by atomic mass is 79.9. The summed E-state index contributed by atoms with van der Waals surface area (Å²) in [6.07, 6.45) is -4.71. The van der Waals surface area contributed by atoms with Gasteiger partial charge in [-0.2, -0.15) is 0 Å². The average molecular weight is 342 g/mol. The molecule has 0 fully saturated rings. The first-order valence-corrected chi connectivity index (χ1v) is 5.93. The maximum Gasteiger partial charge on any atom is 0.522 e. The SMILES string of the molecule is CC(=O)c1cc(Br)cc(N)c1OCCOC(F)(F)F. The molecular weight excluding hydrogens is 331 g/mol. The Bertz CT molecular complexity index is 477. The fourth-order valence-corrected chi connectivity index (χ4v) is 1.81. The molecule has 19 heavy (non-hydrogen) atoms. The second kappa shape index (κ2) is 6.25. The topological polar surface area (TPSA) is 61.6 Å². The zero-order valence-electron chi connectivity index (χ0n) is 9.88. The molecule has 2 N–H and O–H groups in total. The molecule has 8 heteroatoms. The summed E-state index contributed by atoms with van der Waals surface area (Å²) in [4.78, 5) is 11.4. The number of nitrogen functional groups attached to an aromatic ring is 1. The normalized spacial score (nSPS) is 11.4. The highest BCUT2D eigenvalue weighted by Gasteiger charge is 2.28. The van der Waals surface area contributed by atoms with E-state index in [2.05, 4.69) is 20.7 Å². The molecule has 0 aromatic heterocycles. The van der Waals surface area contributed by atoms with Crippen LogP contribution in [0, 0.1) is 0 Å². The van der Waals surface area contributed by atoms with Gasteiger partial charge in [0.2, 0.25) is 0 Å². The van der Waals surface area contributed by atoms with Crippen molar-refractivity contribution < 1.29 is 27.4 Å². The van der Waals surface area contributed by atoms with Crippen molar-refractivity contribution in [2.75, 3.05) is 18.9 Å². The van der Waals surface area contributed by atoms with Gasteiger partial charge in [-0.25, -0.2) is 0 Å². The second-order valence-corrected chi connectivity index (χ2v) is 4.49. The summed E-state index contributed by atoms with van der Waals surface area (Å²) in [7, 11) is 0. The molecule has 0 aliphatic carbocycles. The van der Waals surface area contributed by atoms with Crippen molar-refractivity contribution >= 4 is 27.4 Å². The lowest BCUT2D eigenvalue weighted by Crippen LogP contribution is -2.19. The van der Waals surface area contributed by atoms with E-state index in [0.29, 0.717) is 4.47 Å². The molecule has 0 spiro atoms. The number of carbonyl (C=O) groups is 1. The number of halogens is 4. The molecule has 4 nitrogen and oxygen atoms in total. The Kier molecular flexibility index (Phi) is 5.19. The number of hydrogen-bond donors (Lipinski definition) is 1. The van der Waals surface area contributed by atoms with Crippen LogP contribution in [0.2, 0.25) is 0 Å². The number of ketones is 1. The van der Waals surface area contributed by atoms with Gasteiger partial charge in [0.1, 0.15) is 6.61 Å². The highest BCUT2D eigenvalue weighted by Crippen LogP contribution is 2.31. The van der Waals surface area contributed by atoms with Crippen molar-refractivity contribution in [3.63, 3.8) is 0 Å². The van der Waals surface area contributed by atoms with Crippen LogP contribution in [0.15, 0.2) is 16.6 Å². The smallest absolute Gasteiger partial charge is 0.488 e.